The highest BCUT2D eigenvalue weighted by Gasteiger charge is 2.25. The number of hydrogen-bond acceptors (Lipinski definition) is 4. The Hall–Kier alpha value is -3.35. The van der Waals surface area contributed by atoms with Gasteiger partial charge in [-0.1, -0.05) is 6.07 Å². The number of hydrogen-bond donors (Lipinski definition) is 2. The Morgan fingerprint density at radius 3 is 3.00 bits per heavy atom. The quantitative estimate of drug-likeness (QED) is 0.744. The van der Waals surface area contributed by atoms with Crippen LogP contribution in [0, 0.1) is 0 Å². The summed E-state index contributed by atoms with van der Waals surface area (Å²) in [6, 6.07) is 7.65. The third kappa shape index (κ3) is 2.77. The topological polar surface area (TPSA) is 87.3 Å². The van der Waals surface area contributed by atoms with Crippen molar-refractivity contribution in [1.29, 1.82) is 0 Å². The van der Waals surface area contributed by atoms with Gasteiger partial charge in [0.05, 0.1) is 24.9 Å². The molecular formula is C19H18N4O3. The van der Waals surface area contributed by atoms with Crippen molar-refractivity contribution in [3.63, 3.8) is 0 Å². The Morgan fingerprint density at radius 1 is 1.27 bits per heavy atom. The summed E-state index contributed by atoms with van der Waals surface area (Å²) in [5, 5.41) is 3.93. The van der Waals surface area contributed by atoms with Gasteiger partial charge in [-0.25, -0.2) is 4.79 Å². The number of H-pyrrole nitrogens is 1. The number of nitrogens with zero attached hydrogens (tertiary/aromatic N) is 2. The molecule has 4 rings (SSSR count). The zero-order valence-corrected chi connectivity index (χ0v) is 14.3. The minimum absolute atomic E-state index is 0.199. The minimum atomic E-state index is -0.371. The highest BCUT2D eigenvalue weighted by atomic mass is 16.5. The van der Waals surface area contributed by atoms with E-state index in [-0.39, 0.29) is 12.0 Å². The van der Waals surface area contributed by atoms with E-state index in [2.05, 4.69) is 15.3 Å². The summed E-state index contributed by atoms with van der Waals surface area (Å²) < 4.78 is 4.78. The molecule has 132 valence electrons. The summed E-state index contributed by atoms with van der Waals surface area (Å²) in [4.78, 5) is 33.5. The van der Waals surface area contributed by atoms with Gasteiger partial charge in [0.2, 0.25) is 0 Å². The number of pyridine rings is 1. The minimum Gasteiger partial charge on any atom is -0.453 e. The second-order valence-electron chi connectivity index (χ2n) is 6.16. The first-order valence-electron chi connectivity index (χ1n) is 8.33. The second-order valence-corrected chi connectivity index (χ2v) is 6.16. The summed E-state index contributed by atoms with van der Waals surface area (Å²) in [6.45, 7) is 0.904. The molecule has 1 aliphatic rings. The van der Waals surface area contributed by atoms with Gasteiger partial charge in [0, 0.05) is 36.0 Å². The van der Waals surface area contributed by atoms with Crippen molar-refractivity contribution in [1.82, 2.24) is 14.9 Å². The number of aromatic nitrogens is 2. The zero-order chi connectivity index (χ0) is 18.1. The number of amides is 2. The molecule has 2 amide bonds. The number of anilines is 1. The first-order chi connectivity index (χ1) is 12.7. The number of nitrogens with one attached hydrogen (secondary N) is 2. The Bertz CT molecular complexity index is 995. The number of ether oxygens (including phenoxy) is 1. The van der Waals surface area contributed by atoms with Crippen LogP contribution in [0.25, 0.3) is 10.9 Å². The summed E-state index contributed by atoms with van der Waals surface area (Å²) in [6.07, 6.45) is 5.34. The van der Waals surface area contributed by atoms with Crippen molar-refractivity contribution in [2.45, 2.75) is 13.0 Å². The largest absolute Gasteiger partial charge is 0.453 e. The van der Waals surface area contributed by atoms with E-state index in [9.17, 15) is 9.59 Å². The predicted octanol–water partition coefficient (Wildman–Crippen LogP) is 2.94. The van der Waals surface area contributed by atoms with Crippen molar-refractivity contribution in [2.75, 3.05) is 19.0 Å². The number of carbonyl (C=O) groups excluding carboxylic acids is 2. The fraction of sp³-hybridized carbons (Fsp3) is 0.211. The van der Waals surface area contributed by atoms with Crippen LogP contribution in [0.15, 0.2) is 42.9 Å². The molecular weight excluding hydrogens is 332 g/mol. The maximum Gasteiger partial charge on any atom is 0.409 e. The normalized spacial score (nSPS) is 13.3. The number of aromatic amines is 1. The third-order valence-corrected chi connectivity index (χ3v) is 4.66. The van der Waals surface area contributed by atoms with Crippen LogP contribution < -0.4 is 5.32 Å². The van der Waals surface area contributed by atoms with Crippen molar-refractivity contribution < 1.29 is 14.3 Å². The Labute approximate surface area is 150 Å². The second kappa shape index (κ2) is 6.51. The molecule has 0 saturated carbocycles. The van der Waals surface area contributed by atoms with E-state index < -0.39 is 0 Å². The van der Waals surface area contributed by atoms with Gasteiger partial charge in [0.1, 0.15) is 0 Å². The molecule has 0 atom stereocenters. The molecule has 0 bridgehead atoms. The Kier molecular flexibility index (Phi) is 4.04. The van der Waals surface area contributed by atoms with E-state index in [0.717, 1.165) is 27.7 Å². The van der Waals surface area contributed by atoms with Crippen molar-refractivity contribution in [3.05, 3.63) is 59.5 Å². The van der Waals surface area contributed by atoms with E-state index in [4.69, 9.17) is 4.74 Å². The molecule has 0 spiro atoms. The van der Waals surface area contributed by atoms with Gasteiger partial charge in [-0.15, -0.1) is 0 Å². The van der Waals surface area contributed by atoms with Crippen LogP contribution in [0.5, 0.6) is 0 Å². The van der Waals surface area contributed by atoms with Crippen LogP contribution in [0.2, 0.25) is 0 Å². The van der Waals surface area contributed by atoms with Gasteiger partial charge in [-0.2, -0.15) is 0 Å². The van der Waals surface area contributed by atoms with Crippen molar-refractivity contribution >= 4 is 28.6 Å². The van der Waals surface area contributed by atoms with Crippen LogP contribution in [-0.4, -0.2) is 40.5 Å². The van der Waals surface area contributed by atoms with Crippen LogP contribution in [0.4, 0.5) is 10.5 Å². The van der Waals surface area contributed by atoms with Gasteiger partial charge < -0.3 is 19.9 Å². The lowest BCUT2D eigenvalue weighted by Crippen LogP contribution is -2.36. The highest BCUT2D eigenvalue weighted by molar-refractivity contribution is 6.09. The lowest BCUT2D eigenvalue weighted by Gasteiger charge is -2.28. The fourth-order valence-corrected chi connectivity index (χ4v) is 3.36. The smallest absolute Gasteiger partial charge is 0.409 e. The Morgan fingerprint density at radius 2 is 2.15 bits per heavy atom. The van der Waals surface area contributed by atoms with E-state index >= 15 is 0 Å². The summed E-state index contributed by atoms with van der Waals surface area (Å²) in [7, 11) is 1.36. The molecule has 0 saturated heterocycles. The maximum absolute atomic E-state index is 12.9. The molecule has 2 N–H and O–H groups in total. The van der Waals surface area contributed by atoms with E-state index in [1.165, 1.54) is 7.11 Å². The molecule has 2 aromatic heterocycles. The van der Waals surface area contributed by atoms with Gasteiger partial charge in [-0.3, -0.25) is 9.78 Å². The van der Waals surface area contributed by atoms with Crippen LogP contribution in [0.3, 0.4) is 0 Å². The van der Waals surface area contributed by atoms with Crippen molar-refractivity contribution in [3.8, 4) is 0 Å². The zero-order valence-electron chi connectivity index (χ0n) is 14.3. The molecule has 3 heterocycles. The molecule has 26 heavy (non-hydrogen) atoms. The lowest BCUT2D eigenvalue weighted by molar-refractivity contribution is 0.102. The average molecular weight is 350 g/mol. The van der Waals surface area contributed by atoms with Gasteiger partial charge in [-0.05, 0) is 35.7 Å². The summed E-state index contributed by atoms with van der Waals surface area (Å²) in [5.74, 6) is -0.199. The van der Waals surface area contributed by atoms with Crippen LogP contribution in [-0.2, 0) is 17.7 Å². The molecule has 1 aromatic carbocycles. The van der Waals surface area contributed by atoms with E-state index in [1.807, 2.05) is 30.5 Å². The average Bonchev–Trinajstić information content (AvgIpc) is 3.16. The molecule has 1 aliphatic heterocycles. The number of rotatable bonds is 2. The third-order valence-electron chi connectivity index (χ3n) is 4.66. The summed E-state index contributed by atoms with van der Waals surface area (Å²) >= 11 is 0. The summed E-state index contributed by atoms with van der Waals surface area (Å²) in [5.41, 5.74) is 4.05. The van der Waals surface area contributed by atoms with Crippen molar-refractivity contribution in [2.24, 2.45) is 0 Å². The van der Waals surface area contributed by atoms with Gasteiger partial charge in [0.25, 0.3) is 5.91 Å². The monoisotopic (exact) mass is 350 g/mol. The molecule has 7 heteroatoms. The highest BCUT2D eigenvalue weighted by Crippen LogP contribution is 2.25. The van der Waals surface area contributed by atoms with Gasteiger partial charge >= 0.3 is 6.09 Å². The lowest BCUT2D eigenvalue weighted by atomic mass is 9.97. The first kappa shape index (κ1) is 16.1. The predicted molar refractivity (Wildman–Crippen MR) is 97.0 cm³/mol. The van der Waals surface area contributed by atoms with E-state index in [1.54, 1.807) is 17.3 Å². The number of fused-ring (bicyclic) bond motifs is 2. The molecule has 3 aromatic rings. The molecule has 7 nitrogen and oxygen atoms in total. The van der Waals surface area contributed by atoms with E-state index in [0.29, 0.717) is 25.1 Å². The number of benzene rings is 1. The fourth-order valence-electron chi connectivity index (χ4n) is 3.36. The number of carbonyl (C=O) groups is 2. The SMILES string of the molecule is COC(=O)N1CCc2c(cncc2C(=O)Nc2cccc3[nH]ccc23)C1. The Balaban J connectivity index is 1.62. The van der Waals surface area contributed by atoms with Crippen LogP contribution >= 0.6 is 0 Å². The van der Waals surface area contributed by atoms with Crippen LogP contribution in [0.1, 0.15) is 21.5 Å². The molecule has 0 aliphatic carbocycles. The standard InChI is InChI=1S/C19H18N4O3/c1-26-19(25)23-8-6-13-12(11-23)9-20-10-15(13)18(24)22-17-4-2-3-16-14(17)5-7-21-16/h2-5,7,9-10,21H,6,8,11H2,1H3,(H,22,24). The molecule has 0 radical (unpaired) electrons. The molecule has 0 fully saturated rings. The van der Waals surface area contributed by atoms with Gasteiger partial charge in [0.15, 0.2) is 0 Å². The molecule has 0 unspecified atom stereocenters. The first-order valence-corrected chi connectivity index (χ1v) is 8.33. The maximum atomic E-state index is 12.9. The number of methoxy groups -OCH3 is 1.